The molecule has 4 aromatic heterocycles. The highest BCUT2D eigenvalue weighted by Crippen LogP contribution is 2.23. The van der Waals surface area contributed by atoms with Crippen LogP contribution in [-0.4, -0.2) is 25.7 Å². The zero-order valence-corrected chi connectivity index (χ0v) is 15.5. The molecule has 0 spiro atoms. The number of pyridine rings is 1. The smallest absolute Gasteiger partial charge is 0.267 e. The van der Waals surface area contributed by atoms with E-state index in [9.17, 15) is 9.59 Å². The number of carbonyl (C=O) groups is 1. The lowest BCUT2D eigenvalue weighted by Gasteiger charge is -2.06. The van der Waals surface area contributed by atoms with Gasteiger partial charge in [0.25, 0.3) is 5.56 Å². The van der Waals surface area contributed by atoms with Gasteiger partial charge in [-0.15, -0.1) is 22.7 Å². The second-order valence-electron chi connectivity index (χ2n) is 5.49. The van der Waals surface area contributed by atoms with Gasteiger partial charge in [0, 0.05) is 17.6 Å². The summed E-state index contributed by atoms with van der Waals surface area (Å²) in [6, 6.07) is 12.4. The van der Waals surface area contributed by atoms with Crippen LogP contribution in [0.2, 0.25) is 0 Å². The Morgan fingerprint density at radius 1 is 1.04 bits per heavy atom. The molecule has 1 N–H and O–H groups in total. The molecule has 7 nitrogen and oxygen atoms in total. The highest BCUT2D eigenvalue weighted by atomic mass is 32.1. The van der Waals surface area contributed by atoms with Gasteiger partial charge in [0.05, 0.1) is 10.6 Å². The summed E-state index contributed by atoms with van der Waals surface area (Å²) in [7, 11) is 0. The number of anilines is 1. The van der Waals surface area contributed by atoms with Crippen molar-refractivity contribution < 1.29 is 4.79 Å². The maximum Gasteiger partial charge on any atom is 0.267 e. The van der Waals surface area contributed by atoms with Crippen molar-refractivity contribution in [2.45, 2.75) is 6.54 Å². The number of hydrogen-bond acceptors (Lipinski definition) is 7. The van der Waals surface area contributed by atoms with Gasteiger partial charge >= 0.3 is 0 Å². The summed E-state index contributed by atoms with van der Waals surface area (Å²) in [5, 5.41) is 11.2. The standard InChI is InChI=1S/C18H13N5O2S2/c24-16(21-18-20-14(11-27-18)12-4-1-2-8-19-12)10-23-17(25)7-6-13(22-23)15-5-3-9-26-15/h1-9,11H,10H2,(H,20,21,24). The maximum absolute atomic E-state index is 12.3. The minimum atomic E-state index is -0.366. The van der Waals surface area contributed by atoms with E-state index in [2.05, 4.69) is 20.4 Å². The number of amides is 1. The number of thiazole rings is 1. The van der Waals surface area contributed by atoms with Crippen LogP contribution in [0.1, 0.15) is 0 Å². The van der Waals surface area contributed by atoms with Crippen LogP contribution >= 0.6 is 22.7 Å². The van der Waals surface area contributed by atoms with E-state index in [4.69, 9.17) is 0 Å². The zero-order chi connectivity index (χ0) is 18.6. The molecule has 9 heteroatoms. The third kappa shape index (κ3) is 3.99. The SMILES string of the molecule is O=C(Cn1nc(-c2cccs2)ccc1=O)Nc1nc(-c2ccccn2)cs1. The fourth-order valence-corrected chi connectivity index (χ4v) is 3.79. The van der Waals surface area contributed by atoms with Crippen LogP contribution in [0, 0.1) is 0 Å². The van der Waals surface area contributed by atoms with E-state index in [-0.39, 0.29) is 18.0 Å². The first-order valence-corrected chi connectivity index (χ1v) is 9.74. The Morgan fingerprint density at radius 2 is 1.96 bits per heavy atom. The van der Waals surface area contributed by atoms with Gasteiger partial charge in [0.2, 0.25) is 5.91 Å². The lowest BCUT2D eigenvalue weighted by Crippen LogP contribution is -2.29. The molecule has 1 amide bonds. The molecule has 0 atom stereocenters. The molecule has 0 bridgehead atoms. The van der Waals surface area contributed by atoms with Gasteiger partial charge < -0.3 is 5.32 Å². The van der Waals surface area contributed by atoms with Crippen molar-refractivity contribution in [3.05, 3.63) is 69.8 Å². The van der Waals surface area contributed by atoms with Gasteiger partial charge in [0.15, 0.2) is 5.13 Å². The van der Waals surface area contributed by atoms with Crippen LogP contribution in [0.4, 0.5) is 5.13 Å². The summed E-state index contributed by atoms with van der Waals surface area (Å²) >= 11 is 2.82. The highest BCUT2D eigenvalue weighted by Gasteiger charge is 2.11. The zero-order valence-electron chi connectivity index (χ0n) is 13.9. The normalized spacial score (nSPS) is 10.7. The number of hydrogen-bond donors (Lipinski definition) is 1. The Kier molecular flexibility index (Phi) is 4.86. The van der Waals surface area contributed by atoms with E-state index in [1.807, 2.05) is 41.1 Å². The number of nitrogens with zero attached hydrogens (tertiary/aromatic N) is 4. The van der Waals surface area contributed by atoms with Crippen molar-refractivity contribution in [3.63, 3.8) is 0 Å². The Balaban J connectivity index is 1.48. The molecule has 0 aliphatic heterocycles. The van der Waals surface area contributed by atoms with Gasteiger partial charge in [-0.25, -0.2) is 9.67 Å². The Hall–Kier alpha value is -3.17. The molecule has 0 saturated carbocycles. The van der Waals surface area contributed by atoms with E-state index < -0.39 is 0 Å². The molecule has 134 valence electrons. The Bertz CT molecular complexity index is 1120. The minimum Gasteiger partial charge on any atom is -0.300 e. The van der Waals surface area contributed by atoms with Crippen molar-refractivity contribution in [1.82, 2.24) is 19.7 Å². The molecule has 0 aliphatic rings. The average Bonchev–Trinajstić information content (AvgIpc) is 3.36. The number of aromatic nitrogens is 4. The monoisotopic (exact) mass is 395 g/mol. The summed E-state index contributed by atoms with van der Waals surface area (Å²) in [5.41, 5.74) is 1.74. The summed E-state index contributed by atoms with van der Waals surface area (Å²) in [6.07, 6.45) is 1.69. The lowest BCUT2D eigenvalue weighted by molar-refractivity contribution is -0.117. The Labute approximate surface area is 162 Å². The first kappa shape index (κ1) is 17.3. The van der Waals surface area contributed by atoms with E-state index in [1.165, 1.54) is 28.7 Å². The molecular weight excluding hydrogens is 382 g/mol. The lowest BCUT2D eigenvalue weighted by atomic mass is 10.3. The van der Waals surface area contributed by atoms with Gasteiger partial charge in [0.1, 0.15) is 17.9 Å². The molecular formula is C18H13N5O2S2. The Morgan fingerprint density at radius 3 is 2.74 bits per heavy atom. The fraction of sp³-hybridized carbons (Fsp3) is 0.0556. The molecule has 4 rings (SSSR count). The number of thiophene rings is 1. The van der Waals surface area contributed by atoms with E-state index in [1.54, 1.807) is 12.3 Å². The summed E-state index contributed by atoms with van der Waals surface area (Å²) in [5.74, 6) is -0.366. The van der Waals surface area contributed by atoms with E-state index in [0.717, 1.165) is 15.3 Å². The molecule has 0 saturated heterocycles. The van der Waals surface area contributed by atoms with Crippen molar-refractivity contribution in [2.75, 3.05) is 5.32 Å². The summed E-state index contributed by atoms with van der Waals surface area (Å²) in [4.78, 5) is 33.9. The second kappa shape index (κ2) is 7.60. The van der Waals surface area contributed by atoms with Crippen LogP contribution in [0.25, 0.3) is 22.0 Å². The van der Waals surface area contributed by atoms with Gasteiger partial charge in [-0.1, -0.05) is 12.1 Å². The molecule has 0 aliphatic carbocycles. The molecule has 0 aromatic carbocycles. The molecule has 0 unspecified atom stereocenters. The molecule has 4 aromatic rings. The van der Waals surface area contributed by atoms with Crippen molar-refractivity contribution in [3.8, 4) is 22.0 Å². The summed E-state index contributed by atoms with van der Waals surface area (Å²) in [6.45, 7) is -0.184. The third-order valence-corrected chi connectivity index (χ3v) is 5.26. The van der Waals surface area contributed by atoms with Crippen molar-refractivity contribution in [2.24, 2.45) is 0 Å². The number of rotatable bonds is 5. The topological polar surface area (TPSA) is 89.8 Å². The predicted molar refractivity (Wildman–Crippen MR) is 106 cm³/mol. The predicted octanol–water partition coefficient (Wildman–Crippen LogP) is 3.13. The van der Waals surface area contributed by atoms with Crippen molar-refractivity contribution in [1.29, 1.82) is 0 Å². The molecule has 27 heavy (non-hydrogen) atoms. The third-order valence-electron chi connectivity index (χ3n) is 3.61. The average molecular weight is 395 g/mol. The maximum atomic E-state index is 12.3. The van der Waals surface area contributed by atoms with Gasteiger partial charge in [-0.05, 0) is 29.6 Å². The quantitative estimate of drug-likeness (QED) is 0.561. The second-order valence-corrected chi connectivity index (χ2v) is 7.30. The molecule has 0 fully saturated rings. The van der Waals surface area contributed by atoms with Crippen LogP contribution in [0.5, 0.6) is 0 Å². The van der Waals surface area contributed by atoms with Crippen LogP contribution < -0.4 is 10.9 Å². The van der Waals surface area contributed by atoms with Gasteiger partial charge in [-0.3, -0.25) is 14.6 Å². The van der Waals surface area contributed by atoms with Crippen LogP contribution in [0.3, 0.4) is 0 Å². The number of nitrogens with one attached hydrogen (secondary N) is 1. The molecule has 0 radical (unpaired) electrons. The van der Waals surface area contributed by atoms with E-state index >= 15 is 0 Å². The largest absolute Gasteiger partial charge is 0.300 e. The molecule has 4 heterocycles. The minimum absolute atomic E-state index is 0.184. The highest BCUT2D eigenvalue weighted by molar-refractivity contribution is 7.14. The number of carbonyl (C=O) groups excluding carboxylic acids is 1. The van der Waals surface area contributed by atoms with E-state index in [0.29, 0.717) is 16.5 Å². The first-order chi connectivity index (χ1) is 13.2. The summed E-state index contributed by atoms with van der Waals surface area (Å²) < 4.78 is 1.15. The fourth-order valence-electron chi connectivity index (χ4n) is 2.38. The van der Waals surface area contributed by atoms with Crippen LogP contribution in [0.15, 0.2) is 64.2 Å². The van der Waals surface area contributed by atoms with Crippen LogP contribution in [-0.2, 0) is 11.3 Å². The first-order valence-electron chi connectivity index (χ1n) is 7.98. The van der Waals surface area contributed by atoms with Crippen molar-refractivity contribution >= 4 is 33.7 Å². The van der Waals surface area contributed by atoms with Gasteiger partial charge in [-0.2, -0.15) is 5.10 Å².